The van der Waals surface area contributed by atoms with Gasteiger partial charge in [-0.15, -0.1) is 11.3 Å². The van der Waals surface area contributed by atoms with Crippen LogP contribution in [0.15, 0.2) is 17.5 Å². The molecule has 1 aromatic heterocycles. The van der Waals surface area contributed by atoms with Crippen LogP contribution in [0, 0.1) is 5.92 Å². The van der Waals surface area contributed by atoms with Crippen molar-refractivity contribution in [3.05, 3.63) is 22.4 Å². The number of hydrogen-bond acceptors (Lipinski definition) is 3. The van der Waals surface area contributed by atoms with Gasteiger partial charge in [-0.3, -0.25) is 4.79 Å². The Kier molecular flexibility index (Phi) is 3.07. The summed E-state index contributed by atoms with van der Waals surface area (Å²) in [6.07, 6.45) is 0.440. The number of rotatable bonds is 1. The highest BCUT2D eigenvalue weighted by Gasteiger charge is 2.27. The molecule has 0 aromatic carbocycles. The summed E-state index contributed by atoms with van der Waals surface area (Å²) in [4.78, 5) is 14.6. The van der Waals surface area contributed by atoms with Crippen molar-refractivity contribution in [1.29, 1.82) is 0 Å². The van der Waals surface area contributed by atoms with E-state index in [1.807, 2.05) is 29.3 Å². The van der Waals surface area contributed by atoms with E-state index in [-0.39, 0.29) is 17.9 Å². The first-order chi connectivity index (χ1) is 7.18. The molecule has 1 N–H and O–H groups in total. The van der Waals surface area contributed by atoms with E-state index in [1.54, 1.807) is 0 Å². The molecule has 0 aliphatic carbocycles. The Morgan fingerprint density at radius 2 is 2.47 bits per heavy atom. The van der Waals surface area contributed by atoms with E-state index < -0.39 is 0 Å². The maximum Gasteiger partial charge on any atom is 0.263 e. The van der Waals surface area contributed by atoms with Crippen molar-refractivity contribution in [3.63, 3.8) is 0 Å². The van der Waals surface area contributed by atoms with Crippen molar-refractivity contribution in [2.24, 2.45) is 5.92 Å². The van der Waals surface area contributed by atoms with Gasteiger partial charge in [0.15, 0.2) is 0 Å². The summed E-state index contributed by atoms with van der Waals surface area (Å²) in [5.41, 5.74) is 0. The minimum Gasteiger partial charge on any atom is -0.393 e. The standard InChI is InChI=1S/C11H15NO2S/c1-8-7-12(5-4-9(8)13)11(14)10-3-2-6-15-10/h2-3,6,8-9,13H,4-5,7H2,1H3. The van der Waals surface area contributed by atoms with Gasteiger partial charge in [-0.25, -0.2) is 0 Å². The molecule has 0 radical (unpaired) electrons. The Morgan fingerprint density at radius 3 is 3.07 bits per heavy atom. The molecule has 1 saturated heterocycles. The van der Waals surface area contributed by atoms with E-state index in [9.17, 15) is 9.90 Å². The molecule has 3 nitrogen and oxygen atoms in total. The first-order valence-electron chi connectivity index (χ1n) is 5.19. The van der Waals surface area contributed by atoms with Gasteiger partial charge in [0, 0.05) is 13.1 Å². The molecule has 1 aliphatic heterocycles. The SMILES string of the molecule is CC1CN(C(=O)c2cccs2)CCC1O. The third kappa shape index (κ3) is 2.21. The van der Waals surface area contributed by atoms with Crippen molar-refractivity contribution in [1.82, 2.24) is 4.90 Å². The number of aliphatic hydroxyl groups excluding tert-OH is 1. The van der Waals surface area contributed by atoms with Crippen LogP contribution in [-0.4, -0.2) is 35.1 Å². The summed E-state index contributed by atoms with van der Waals surface area (Å²) in [6.45, 7) is 3.32. The van der Waals surface area contributed by atoms with Crippen molar-refractivity contribution in [2.45, 2.75) is 19.4 Å². The number of carbonyl (C=O) groups is 1. The van der Waals surface area contributed by atoms with E-state index in [2.05, 4.69) is 0 Å². The van der Waals surface area contributed by atoms with E-state index in [0.717, 1.165) is 4.88 Å². The van der Waals surface area contributed by atoms with Crippen molar-refractivity contribution in [2.75, 3.05) is 13.1 Å². The molecule has 1 amide bonds. The molecule has 82 valence electrons. The van der Waals surface area contributed by atoms with Gasteiger partial charge in [0.1, 0.15) is 0 Å². The molecular formula is C11H15NO2S. The molecule has 2 heterocycles. The molecule has 2 atom stereocenters. The predicted molar refractivity (Wildman–Crippen MR) is 60.0 cm³/mol. The third-order valence-corrected chi connectivity index (χ3v) is 3.74. The summed E-state index contributed by atoms with van der Waals surface area (Å²) >= 11 is 1.47. The topological polar surface area (TPSA) is 40.5 Å². The normalized spacial score (nSPS) is 26.7. The molecule has 0 saturated carbocycles. The Bertz CT molecular complexity index is 336. The lowest BCUT2D eigenvalue weighted by Gasteiger charge is -2.34. The Balaban J connectivity index is 2.03. The zero-order valence-corrected chi connectivity index (χ0v) is 9.54. The van der Waals surface area contributed by atoms with Crippen LogP contribution in [0.1, 0.15) is 23.0 Å². The Morgan fingerprint density at radius 1 is 1.67 bits per heavy atom. The first kappa shape index (κ1) is 10.6. The van der Waals surface area contributed by atoms with Crippen LogP contribution >= 0.6 is 11.3 Å². The van der Waals surface area contributed by atoms with Crippen LogP contribution < -0.4 is 0 Å². The minimum absolute atomic E-state index is 0.101. The van der Waals surface area contributed by atoms with Crippen LogP contribution in [0.25, 0.3) is 0 Å². The number of piperidine rings is 1. The van der Waals surface area contributed by atoms with Gasteiger partial charge in [0.25, 0.3) is 5.91 Å². The van der Waals surface area contributed by atoms with Crippen LogP contribution in [0.5, 0.6) is 0 Å². The van der Waals surface area contributed by atoms with Crippen LogP contribution in [0.3, 0.4) is 0 Å². The zero-order valence-electron chi connectivity index (χ0n) is 8.72. The number of carbonyl (C=O) groups excluding carboxylic acids is 1. The lowest BCUT2D eigenvalue weighted by Crippen LogP contribution is -2.44. The summed E-state index contributed by atoms with van der Waals surface area (Å²) < 4.78 is 0. The largest absolute Gasteiger partial charge is 0.393 e. The number of aliphatic hydroxyl groups is 1. The Labute approximate surface area is 93.3 Å². The highest BCUT2D eigenvalue weighted by molar-refractivity contribution is 7.12. The monoisotopic (exact) mass is 225 g/mol. The fourth-order valence-corrected chi connectivity index (χ4v) is 2.56. The average molecular weight is 225 g/mol. The smallest absolute Gasteiger partial charge is 0.263 e. The van der Waals surface area contributed by atoms with Crippen molar-refractivity contribution < 1.29 is 9.90 Å². The first-order valence-corrected chi connectivity index (χ1v) is 6.07. The van der Waals surface area contributed by atoms with Crippen molar-refractivity contribution >= 4 is 17.2 Å². The number of nitrogens with zero attached hydrogens (tertiary/aromatic N) is 1. The van der Waals surface area contributed by atoms with Gasteiger partial charge in [0.05, 0.1) is 11.0 Å². The average Bonchev–Trinajstić information content (AvgIpc) is 2.74. The highest BCUT2D eigenvalue weighted by Crippen LogP contribution is 2.20. The van der Waals surface area contributed by atoms with Crippen LogP contribution in [0.4, 0.5) is 0 Å². The van der Waals surface area contributed by atoms with Gasteiger partial charge in [-0.2, -0.15) is 0 Å². The molecule has 2 unspecified atom stereocenters. The molecular weight excluding hydrogens is 210 g/mol. The Hall–Kier alpha value is -0.870. The highest BCUT2D eigenvalue weighted by atomic mass is 32.1. The number of hydrogen-bond donors (Lipinski definition) is 1. The fraction of sp³-hybridized carbons (Fsp3) is 0.545. The second-order valence-electron chi connectivity index (χ2n) is 4.06. The van der Waals surface area contributed by atoms with Crippen LogP contribution in [-0.2, 0) is 0 Å². The fourth-order valence-electron chi connectivity index (χ4n) is 1.87. The van der Waals surface area contributed by atoms with E-state index >= 15 is 0 Å². The van der Waals surface area contributed by atoms with Gasteiger partial charge in [-0.05, 0) is 23.8 Å². The van der Waals surface area contributed by atoms with Gasteiger partial charge >= 0.3 is 0 Å². The molecule has 2 rings (SSSR count). The third-order valence-electron chi connectivity index (χ3n) is 2.88. The number of thiophene rings is 1. The summed E-state index contributed by atoms with van der Waals surface area (Å²) in [6, 6.07) is 3.74. The maximum atomic E-state index is 12.0. The predicted octanol–water partition coefficient (Wildman–Crippen LogP) is 1.59. The quantitative estimate of drug-likeness (QED) is 0.788. The molecule has 4 heteroatoms. The van der Waals surface area contributed by atoms with Gasteiger partial charge in [0.2, 0.25) is 0 Å². The molecule has 0 bridgehead atoms. The summed E-state index contributed by atoms with van der Waals surface area (Å²) in [5.74, 6) is 0.284. The minimum atomic E-state index is -0.252. The molecule has 1 aliphatic rings. The second-order valence-corrected chi connectivity index (χ2v) is 5.01. The lowest BCUT2D eigenvalue weighted by atomic mass is 9.97. The van der Waals surface area contributed by atoms with Crippen molar-refractivity contribution in [3.8, 4) is 0 Å². The zero-order chi connectivity index (χ0) is 10.8. The second kappa shape index (κ2) is 4.33. The number of likely N-dealkylation sites (tertiary alicyclic amines) is 1. The molecule has 1 fully saturated rings. The molecule has 1 aromatic rings. The molecule has 15 heavy (non-hydrogen) atoms. The lowest BCUT2D eigenvalue weighted by molar-refractivity contribution is 0.0300. The summed E-state index contributed by atoms with van der Waals surface area (Å²) in [5, 5.41) is 11.5. The summed E-state index contributed by atoms with van der Waals surface area (Å²) in [7, 11) is 0. The van der Waals surface area contributed by atoms with Gasteiger partial charge in [-0.1, -0.05) is 13.0 Å². The van der Waals surface area contributed by atoms with E-state index in [0.29, 0.717) is 19.5 Å². The maximum absolute atomic E-state index is 12.0. The van der Waals surface area contributed by atoms with E-state index in [1.165, 1.54) is 11.3 Å². The van der Waals surface area contributed by atoms with E-state index in [4.69, 9.17) is 0 Å². The van der Waals surface area contributed by atoms with Gasteiger partial charge < -0.3 is 10.0 Å². The molecule has 0 spiro atoms. The van der Waals surface area contributed by atoms with Crippen LogP contribution in [0.2, 0.25) is 0 Å². The number of amides is 1.